The summed E-state index contributed by atoms with van der Waals surface area (Å²) in [5.74, 6) is 0.491. The van der Waals surface area contributed by atoms with E-state index in [1.165, 1.54) is 0 Å². The molecular weight excluding hydrogens is 202 g/mol. The highest BCUT2D eigenvalue weighted by Crippen LogP contribution is 2.13. The van der Waals surface area contributed by atoms with Crippen LogP contribution < -0.4 is 0 Å². The number of aldehydes is 1. The van der Waals surface area contributed by atoms with E-state index in [-0.39, 0.29) is 0 Å². The molecule has 0 N–H and O–H groups in total. The Morgan fingerprint density at radius 2 is 1.88 bits per heavy atom. The van der Waals surface area contributed by atoms with Crippen LogP contribution in [0.5, 0.6) is 0 Å². The molecule has 0 bridgehead atoms. The SMILES string of the molecule is Cc1cccc(-c2nc(C)cc(C=O)n2)n1. The van der Waals surface area contributed by atoms with Crippen molar-refractivity contribution in [2.45, 2.75) is 13.8 Å². The maximum atomic E-state index is 10.7. The Labute approximate surface area is 93.4 Å². The quantitative estimate of drug-likeness (QED) is 0.715. The minimum absolute atomic E-state index is 0.380. The van der Waals surface area contributed by atoms with Gasteiger partial charge in [-0.1, -0.05) is 6.07 Å². The number of nitrogens with zero attached hydrogens (tertiary/aromatic N) is 3. The Hall–Kier alpha value is -2.10. The molecule has 0 saturated carbocycles. The third-order valence-corrected chi connectivity index (χ3v) is 2.11. The zero-order valence-corrected chi connectivity index (χ0v) is 9.14. The zero-order chi connectivity index (χ0) is 11.5. The minimum atomic E-state index is 0.380. The van der Waals surface area contributed by atoms with Gasteiger partial charge < -0.3 is 0 Å². The van der Waals surface area contributed by atoms with E-state index in [1.54, 1.807) is 6.07 Å². The second-order valence-corrected chi connectivity index (χ2v) is 3.54. The first-order valence-electron chi connectivity index (χ1n) is 4.94. The maximum Gasteiger partial charge on any atom is 0.179 e. The van der Waals surface area contributed by atoms with Crippen LogP contribution in [0.3, 0.4) is 0 Å². The largest absolute Gasteiger partial charge is 0.296 e. The van der Waals surface area contributed by atoms with Crippen LogP contribution in [0.1, 0.15) is 21.9 Å². The summed E-state index contributed by atoms with van der Waals surface area (Å²) in [4.78, 5) is 23.4. The maximum absolute atomic E-state index is 10.7. The summed E-state index contributed by atoms with van der Waals surface area (Å²) in [5, 5.41) is 0. The first kappa shape index (κ1) is 10.4. The van der Waals surface area contributed by atoms with Gasteiger partial charge in [-0.15, -0.1) is 0 Å². The van der Waals surface area contributed by atoms with Gasteiger partial charge in [-0.05, 0) is 32.0 Å². The monoisotopic (exact) mass is 213 g/mol. The van der Waals surface area contributed by atoms with Crippen molar-refractivity contribution in [3.63, 3.8) is 0 Å². The first-order chi connectivity index (χ1) is 7.69. The molecule has 80 valence electrons. The predicted octanol–water partition coefficient (Wildman–Crippen LogP) is 1.97. The summed E-state index contributed by atoms with van der Waals surface area (Å²) in [6, 6.07) is 7.27. The number of hydrogen-bond acceptors (Lipinski definition) is 4. The van der Waals surface area contributed by atoms with Crippen molar-refractivity contribution in [1.29, 1.82) is 0 Å². The van der Waals surface area contributed by atoms with E-state index in [1.807, 2.05) is 32.0 Å². The lowest BCUT2D eigenvalue weighted by Gasteiger charge is -2.02. The smallest absolute Gasteiger partial charge is 0.179 e. The van der Waals surface area contributed by atoms with E-state index >= 15 is 0 Å². The molecule has 4 nitrogen and oxygen atoms in total. The molecule has 0 saturated heterocycles. The fourth-order valence-corrected chi connectivity index (χ4v) is 1.44. The molecule has 0 atom stereocenters. The lowest BCUT2D eigenvalue weighted by atomic mass is 10.2. The Balaban J connectivity index is 2.55. The van der Waals surface area contributed by atoms with E-state index in [2.05, 4.69) is 15.0 Å². The van der Waals surface area contributed by atoms with Crippen molar-refractivity contribution in [1.82, 2.24) is 15.0 Å². The van der Waals surface area contributed by atoms with E-state index in [9.17, 15) is 4.79 Å². The van der Waals surface area contributed by atoms with Crippen molar-refractivity contribution in [2.75, 3.05) is 0 Å². The number of hydrogen-bond donors (Lipinski definition) is 0. The second kappa shape index (κ2) is 4.18. The highest BCUT2D eigenvalue weighted by molar-refractivity contribution is 5.72. The van der Waals surface area contributed by atoms with Gasteiger partial charge in [-0.25, -0.2) is 15.0 Å². The van der Waals surface area contributed by atoms with Gasteiger partial charge in [0.05, 0.1) is 0 Å². The number of carbonyl (C=O) groups is 1. The normalized spacial score (nSPS) is 10.1. The molecule has 2 aromatic heterocycles. The van der Waals surface area contributed by atoms with E-state index < -0.39 is 0 Å². The van der Waals surface area contributed by atoms with Gasteiger partial charge in [-0.3, -0.25) is 4.79 Å². The fourth-order valence-electron chi connectivity index (χ4n) is 1.44. The van der Waals surface area contributed by atoms with Crippen molar-refractivity contribution < 1.29 is 4.79 Å². The van der Waals surface area contributed by atoms with Gasteiger partial charge in [0.15, 0.2) is 12.1 Å². The molecular formula is C12H11N3O. The number of pyridine rings is 1. The molecule has 0 amide bonds. The van der Waals surface area contributed by atoms with Crippen LogP contribution in [0, 0.1) is 13.8 Å². The molecule has 0 aliphatic heterocycles. The molecule has 0 spiro atoms. The summed E-state index contributed by atoms with van der Waals surface area (Å²) in [6.07, 6.45) is 0.716. The van der Waals surface area contributed by atoms with Crippen LogP contribution >= 0.6 is 0 Å². The van der Waals surface area contributed by atoms with Crippen molar-refractivity contribution in [3.8, 4) is 11.5 Å². The summed E-state index contributed by atoms with van der Waals surface area (Å²) in [5.41, 5.74) is 2.73. The van der Waals surface area contributed by atoms with Gasteiger partial charge >= 0.3 is 0 Å². The highest BCUT2D eigenvalue weighted by atomic mass is 16.1. The molecule has 2 aromatic rings. The standard InChI is InChI=1S/C12H11N3O/c1-8-4-3-5-11(13-8)12-14-9(2)6-10(7-16)15-12/h3-7H,1-2H3. The molecule has 2 heterocycles. The Kier molecular flexibility index (Phi) is 2.72. The number of rotatable bonds is 2. The second-order valence-electron chi connectivity index (χ2n) is 3.54. The van der Waals surface area contributed by atoms with Crippen LogP contribution in [-0.4, -0.2) is 21.2 Å². The third kappa shape index (κ3) is 2.11. The van der Waals surface area contributed by atoms with Gasteiger partial charge in [-0.2, -0.15) is 0 Å². The number of aromatic nitrogens is 3. The van der Waals surface area contributed by atoms with Crippen LogP contribution in [0.25, 0.3) is 11.5 Å². The van der Waals surface area contributed by atoms with Crippen LogP contribution in [0.2, 0.25) is 0 Å². The molecule has 2 rings (SSSR count). The fraction of sp³-hybridized carbons (Fsp3) is 0.167. The topological polar surface area (TPSA) is 55.7 Å². The lowest BCUT2D eigenvalue weighted by Crippen LogP contribution is -1.98. The molecule has 16 heavy (non-hydrogen) atoms. The molecule has 0 aliphatic carbocycles. The van der Waals surface area contributed by atoms with Gasteiger partial charge in [0.1, 0.15) is 11.4 Å². The molecule has 0 radical (unpaired) electrons. The predicted molar refractivity (Wildman–Crippen MR) is 60.1 cm³/mol. The molecule has 0 unspecified atom stereocenters. The average Bonchev–Trinajstić information content (AvgIpc) is 2.28. The Bertz CT molecular complexity index is 538. The minimum Gasteiger partial charge on any atom is -0.296 e. The summed E-state index contributed by atoms with van der Waals surface area (Å²) in [6.45, 7) is 3.73. The summed E-state index contributed by atoms with van der Waals surface area (Å²) < 4.78 is 0. The van der Waals surface area contributed by atoms with Gasteiger partial charge in [0, 0.05) is 11.4 Å². The third-order valence-electron chi connectivity index (χ3n) is 2.11. The zero-order valence-electron chi connectivity index (χ0n) is 9.14. The van der Waals surface area contributed by atoms with E-state index in [0.717, 1.165) is 11.4 Å². The first-order valence-corrected chi connectivity index (χ1v) is 4.94. The molecule has 0 fully saturated rings. The van der Waals surface area contributed by atoms with Crippen molar-refractivity contribution in [2.24, 2.45) is 0 Å². The molecule has 0 aliphatic rings. The van der Waals surface area contributed by atoms with Gasteiger partial charge in [0.2, 0.25) is 0 Å². The van der Waals surface area contributed by atoms with E-state index in [4.69, 9.17) is 0 Å². The average molecular weight is 213 g/mol. The molecule has 4 heteroatoms. The van der Waals surface area contributed by atoms with Crippen LogP contribution in [-0.2, 0) is 0 Å². The van der Waals surface area contributed by atoms with Crippen LogP contribution in [0.4, 0.5) is 0 Å². The number of carbonyl (C=O) groups excluding carboxylic acids is 1. The van der Waals surface area contributed by atoms with Crippen molar-refractivity contribution in [3.05, 3.63) is 41.3 Å². The highest BCUT2D eigenvalue weighted by Gasteiger charge is 2.05. The van der Waals surface area contributed by atoms with Gasteiger partial charge in [0.25, 0.3) is 0 Å². The molecule has 0 aromatic carbocycles. The van der Waals surface area contributed by atoms with Crippen LogP contribution in [0.15, 0.2) is 24.3 Å². The summed E-state index contributed by atoms with van der Waals surface area (Å²) >= 11 is 0. The summed E-state index contributed by atoms with van der Waals surface area (Å²) in [7, 11) is 0. The Morgan fingerprint density at radius 1 is 1.06 bits per heavy atom. The lowest BCUT2D eigenvalue weighted by molar-refractivity contribution is 0.111. The number of aryl methyl sites for hydroxylation is 2. The Morgan fingerprint density at radius 3 is 2.56 bits per heavy atom. The van der Waals surface area contributed by atoms with E-state index in [0.29, 0.717) is 23.5 Å². The van der Waals surface area contributed by atoms with Crippen molar-refractivity contribution >= 4 is 6.29 Å².